The van der Waals surface area contributed by atoms with Crippen LogP contribution in [-0.4, -0.2) is 56.0 Å². The molecule has 0 bridgehead atoms. The maximum Gasteiger partial charge on any atom is 0.329 e. The molecule has 0 aromatic heterocycles. The minimum Gasteiger partial charge on any atom is -0.321 e. The van der Waals surface area contributed by atoms with Crippen molar-refractivity contribution in [3.63, 3.8) is 0 Å². The summed E-state index contributed by atoms with van der Waals surface area (Å²) in [5.41, 5.74) is 1.16. The van der Waals surface area contributed by atoms with Crippen molar-refractivity contribution in [3.05, 3.63) is 99.0 Å². The predicted octanol–water partition coefficient (Wildman–Crippen LogP) is 4.21. The third-order valence-corrected chi connectivity index (χ3v) is 8.60. The number of nitriles is 1. The molecule has 1 spiro atoms. The van der Waals surface area contributed by atoms with Crippen molar-refractivity contribution in [2.24, 2.45) is 0 Å². The van der Waals surface area contributed by atoms with E-state index in [-0.39, 0.29) is 33.9 Å². The van der Waals surface area contributed by atoms with Crippen molar-refractivity contribution < 1.29 is 22.8 Å². The number of sulfonamides is 1. The summed E-state index contributed by atoms with van der Waals surface area (Å²) < 4.78 is 24.8. The van der Waals surface area contributed by atoms with Crippen LogP contribution in [0.15, 0.2) is 66.7 Å². The SMILES string of the molecule is CC(c1ccc(C(=O)NS(C)(=O)=O)cc1)N1C[C@@H](c2ccc(C#N)cc2)[C@@]2(C1)NC(=O)N(c1cc(Cl)cc(Cl)c1)C2=O. The van der Waals surface area contributed by atoms with Gasteiger partial charge in [0, 0.05) is 40.7 Å². The molecule has 5 rings (SSSR count). The molecule has 0 radical (unpaired) electrons. The first-order chi connectivity index (χ1) is 19.8. The van der Waals surface area contributed by atoms with E-state index in [1.807, 2.05) is 11.6 Å². The smallest absolute Gasteiger partial charge is 0.321 e. The van der Waals surface area contributed by atoms with Gasteiger partial charge in [0.05, 0.1) is 23.6 Å². The summed E-state index contributed by atoms with van der Waals surface area (Å²) in [7, 11) is -3.71. The van der Waals surface area contributed by atoms with E-state index in [4.69, 9.17) is 23.2 Å². The maximum atomic E-state index is 14.2. The summed E-state index contributed by atoms with van der Waals surface area (Å²) in [6, 6.07) is 19.2. The number of nitrogens with one attached hydrogen (secondary N) is 2. The Kier molecular flexibility index (Phi) is 7.76. The van der Waals surface area contributed by atoms with E-state index in [2.05, 4.69) is 16.3 Å². The second-order valence-electron chi connectivity index (χ2n) is 10.4. The van der Waals surface area contributed by atoms with Crippen LogP contribution in [0.4, 0.5) is 10.5 Å². The van der Waals surface area contributed by atoms with Crippen molar-refractivity contribution in [2.75, 3.05) is 24.2 Å². The summed E-state index contributed by atoms with van der Waals surface area (Å²) in [6.45, 7) is 2.50. The Morgan fingerprint density at radius 1 is 1.07 bits per heavy atom. The standard InChI is InChI=1S/C29H25Cl2N5O5S/c1-17(19-7-9-21(10-8-19)26(37)34-42(2,40)41)35-15-25(20-5-3-18(14-32)4-6-20)29(16-35)27(38)36(28(39)33-29)24-12-22(30)11-23(31)13-24/h3-13,17,25H,15-16H2,1-2H3,(H,33,39)(H,34,37)/t17?,25-,29+/m0/s1. The number of likely N-dealkylation sites (tertiary alicyclic amines) is 1. The molecule has 3 atom stereocenters. The second kappa shape index (κ2) is 11.0. The van der Waals surface area contributed by atoms with Crippen LogP contribution < -0.4 is 14.9 Å². The number of hydrogen-bond acceptors (Lipinski definition) is 7. The Hall–Kier alpha value is -3.95. The molecule has 2 aliphatic rings. The third-order valence-electron chi connectivity index (χ3n) is 7.61. The zero-order valence-electron chi connectivity index (χ0n) is 22.5. The van der Waals surface area contributed by atoms with Gasteiger partial charge < -0.3 is 5.32 Å². The van der Waals surface area contributed by atoms with E-state index in [1.165, 1.54) is 30.3 Å². The normalized spacial score (nSPS) is 21.3. The zero-order chi connectivity index (χ0) is 30.4. The van der Waals surface area contributed by atoms with Crippen molar-refractivity contribution >= 4 is 56.8 Å². The van der Waals surface area contributed by atoms with Gasteiger partial charge >= 0.3 is 6.03 Å². The fourth-order valence-electron chi connectivity index (χ4n) is 5.55. The van der Waals surface area contributed by atoms with E-state index >= 15 is 0 Å². The molecule has 2 N–H and O–H groups in total. The quantitative estimate of drug-likeness (QED) is 0.391. The molecule has 10 nitrogen and oxygen atoms in total. The lowest BCUT2D eigenvalue weighted by atomic mass is 9.81. The fraction of sp³-hybridized carbons (Fsp3) is 0.241. The van der Waals surface area contributed by atoms with Gasteiger partial charge in [0.25, 0.3) is 11.8 Å². The van der Waals surface area contributed by atoms with Gasteiger partial charge in [-0.05, 0) is 60.5 Å². The first-order valence-corrected chi connectivity index (χ1v) is 15.4. The van der Waals surface area contributed by atoms with Crippen LogP contribution in [0.25, 0.3) is 0 Å². The topological polar surface area (TPSA) is 140 Å². The highest BCUT2D eigenvalue weighted by atomic mass is 35.5. The van der Waals surface area contributed by atoms with Crippen LogP contribution >= 0.6 is 23.2 Å². The van der Waals surface area contributed by atoms with Gasteiger partial charge in [-0.15, -0.1) is 0 Å². The lowest BCUT2D eigenvalue weighted by molar-refractivity contribution is -0.122. The van der Waals surface area contributed by atoms with Crippen LogP contribution in [0, 0.1) is 11.3 Å². The molecular formula is C29H25Cl2N5O5S. The van der Waals surface area contributed by atoms with Gasteiger partial charge in [-0.3, -0.25) is 14.5 Å². The zero-order valence-corrected chi connectivity index (χ0v) is 24.8. The molecule has 216 valence electrons. The van der Waals surface area contributed by atoms with Crippen molar-refractivity contribution in [2.45, 2.75) is 24.4 Å². The Morgan fingerprint density at radius 3 is 2.26 bits per heavy atom. The number of imide groups is 1. The Labute approximate surface area is 252 Å². The number of anilines is 1. The van der Waals surface area contributed by atoms with Crippen LogP contribution in [-0.2, 0) is 14.8 Å². The Bertz CT molecular complexity index is 1720. The van der Waals surface area contributed by atoms with Crippen LogP contribution in [0.5, 0.6) is 0 Å². The molecule has 13 heteroatoms. The maximum absolute atomic E-state index is 14.2. The van der Waals surface area contributed by atoms with Gasteiger partial charge in [0.2, 0.25) is 10.0 Å². The second-order valence-corrected chi connectivity index (χ2v) is 13.0. The number of halogens is 2. The highest BCUT2D eigenvalue weighted by Gasteiger charge is 2.61. The van der Waals surface area contributed by atoms with Crippen LogP contribution in [0.1, 0.15) is 45.9 Å². The van der Waals surface area contributed by atoms with Crippen molar-refractivity contribution in [3.8, 4) is 6.07 Å². The molecule has 3 aromatic carbocycles. The lowest BCUT2D eigenvalue weighted by Gasteiger charge is -2.29. The molecule has 3 aromatic rings. The summed E-state index contributed by atoms with van der Waals surface area (Å²) in [6.07, 6.45) is 0.903. The first kappa shape index (κ1) is 29.5. The van der Waals surface area contributed by atoms with Crippen molar-refractivity contribution in [1.29, 1.82) is 5.26 Å². The average molecular weight is 627 g/mol. The molecule has 42 heavy (non-hydrogen) atoms. The van der Waals surface area contributed by atoms with E-state index in [9.17, 15) is 28.1 Å². The number of hydrogen-bond donors (Lipinski definition) is 2. The third kappa shape index (κ3) is 5.58. The fourth-order valence-corrected chi connectivity index (χ4v) is 6.52. The van der Waals surface area contributed by atoms with Crippen LogP contribution in [0.3, 0.4) is 0 Å². The van der Waals surface area contributed by atoms with Gasteiger partial charge in [-0.25, -0.2) is 22.8 Å². The molecule has 1 unspecified atom stereocenters. The molecule has 0 aliphatic carbocycles. The average Bonchev–Trinajstić information content (AvgIpc) is 3.43. The summed E-state index contributed by atoms with van der Waals surface area (Å²) in [5.74, 6) is -1.66. The van der Waals surface area contributed by atoms with Gasteiger partial charge in [0.1, 0.15) is 5.54 Å². The summed E-state index contributed by atoms with van der Waals surface area (Å²) in [4.78, 5) is 42.9. The number of carbonyl (C=O) groups is 3. The molecule has 2 aliphatic heterocycles. The Morgan fingerprint density at radius 2 is 1.69 bits per heavy atom. The molecule has 0 saturated carbocycles. The number of nitrogens with zero attached hydrogens (tertiary/aromatic N) is 3. The number of urea groups is 1. The predicted molar refractivity (Wildman–Crippen MR) is 158 cm³/mol. The monoisotopic (exact) mass is 625 g/mol. The number of benzene rings is 3. The highest BCUT2D eigenvalue weighted by molar-refractivity contribution is 7.89. The summed E-state index contributed by atoms with van der Waals surface area (Å²) >= 11 is 12.4. The molecule has 2 heterocycles. The molecule has 2 saturated heterocycles. The van der Waals surface area contributed by atoms with E-state index in [0.717, 1.165) is 22.3 Å². The first-order valence-electron chi connectivity index (χ1n) is 12.8. The van der Waals surface area contributed by atoms with Crippen LogP contribution in [0.2, 0.25) is 10.0 Å². The van der Waals surface area contributed by atoms with E-state index in [1.54, 1.807) is 36.4 Å². The van der Waals surface area contributed by atoms with Crippen molar-refractivity contribution in [1.82, 2.24) is 14.9 Å². The highest BCUT2D eigenvalue weighted by Crippen LogP contribution is 2.44. The minimum absolute atomic E-state index is 0.171. The minimum atomic E-state index is -3.71. The van der Waals surface area contributed by atoms with Gasteiger partial charge in [0.15, 0.2) is 0 Å². The summed E-state index contributed by atoms with van der Waals surface area (Å²) in [5, 5.41) is 12.8. The largest absolute Gasteiger partial charge is 0.329 e. The lowest BCUT2D eigenvalue weighted by Crippen LogP contribution is -2.53. The molecule has 4 amide bonds. The van der Waals surface area contributed by atoms with Gasteiger partial charge in [-0.2, -0.15) is 5.26 Å². The Balaban J connectivity index is 1.49. The number of amides is 4. The number of rotatable bonds is 6. The van der Waals surface area contributed by atoms with E-state index < -0.39 is 39.3 Å². The molecule has 2 fully saturated rings. The molecular weight excluding hydrogens is 601 g/mol. The van der Waals surface area contributed by atoms with Gasteiger partial charge in [-0.1, -0.05) is 47.5 Å². The number of carbonyl (C=O) groups excluding carboxylic acids is 3. The van der Waals surface area contributed by atoms with E-state index in [0.29, 0.717) is 12.1 Å².